The van der Waals surface area contributed by atoms with Crippen molar-refractivity contribution in [2.24, 2.45) is 0 Å². The molecule has 2 N–H and O–H groups in total. The zero-order chi connectivity index (χ0) is 11.5. The summed E-state index contributed by atoms with van der Waals surface area (Å²) in [6, 6.07) is 4.12. The molecule has 0 aliphatic rings. The molecule has 0 bridgehead atoms. The lowest BCUT2D eigenvalue weighted by atomic mass is 10.2. The maximum absolute atomic E-state index is 11.9. The van der Waals surface area contributed by atoms with Crippen molar-refractivity contribution in [1.82, 2.24) is 0 Å². The molecule has 0 aromatic heterocycles. The zero-order valence-corrected chi connectivity index (χ0v) is 8.40. The first-order chi connectivity index (χ1) is 6.92. The van der Waals surface area contributed by atoms with Crippen LogP contribution in [0.25, 0.3) is 0 Å². The van der Waals surface area contributed by atoms with Crippen LogP contribution in [-0.4, -0.2) is 6.36 Å². The number of hydrogen-bond donors (Lipinski definition) is 1. The molecule has 1 aromatic carbocycles. The van der Waals surface area contributed by atoms with Gasteiger partial charge in [-0.1, -0.05) is 11.6 Å². The van der Waals surface area contributed by atoms with E-state index in [1.807, 2.05) is 0 Å². The van der Waals surface area contributed by atoms with Gasteiger partial charge in [-0.05, 0) is 18.2 Å². The van der Waals surface area contributed by atoms with E-state index in [1.165, 1.54) is 18.2 Å². The summed E-state index contributed by atoms with van der Waals surface area (Å²) >= 11 is 5.61. The summed E-state index contributed by atoms with van der Waals surface area (Å²) in [7, 11) is 3.51. The van der Waals surface area contributed by atoms with Crippen LogP contribution in [0, 0.1) is 7.05 Å². The summed E-state index contributed by atoms with van der Waals surface area (Å²) < 4.78 is 39.3. The molecule has 0 aliphatic carbocycles. The number of quaternary nitrogens is 1. The Morgan fingerprint density at radius 2 is 2.07 bits per heavy atom. The van der Waals surface area contributed by atoms with E-state index in [1.54, 1.807) is 5.32 Å². The van der Waals surface area contributed by atoms with Gasteiger partial charge in [-0.3, -0.25) is 0 Å². The van der Waals surface area contributed by atoms with E-state index in [0.717, 1.165) is 5.56 Å². The van der Waals surface area contributed by atoms with Crippen LogP contribution in [0.4, 0.5) is 13.2 Å². The van der Waals surface area contributed by atoms with Crippen LogP contribution >= 0.6 is 11.6 Å². The molecule has 0 aliphatic heterocycles. The molecule has 1 rings (SSSR count). The van der Waals surface area contributed by atoms with Crippen molar-refractivity contribution in [2.45, 2.75) is 12.9 Å². The van der Waals surface area contributed by atoms with Crippen molar-refractivity contribution in [3.8, 4) is 5.75 Å². The van der Waals surface area contributed by atoms with E-state index < -0.39 is 12.1 Å². The van der Waals surface area contributed by atoms with Gasteiger partial charge in [0.15, 0.2) is 0 Å². The highest BCUT2D eigenvalue weighted by Crippen LogP contribution is 2.30. The largest absolute Gasteiger partial charge is 0.573 e. The molecule has 0 spiro atoms. The minimum absolute atomic E-state index is 0.0633. The van der Waals surface area contributed by atoms with Crippen LogP contribution in [0.1, 0.15) is 5.56 Å². The molecule has 0 amide bonds. The van der Waals surface area contributed by atoms with Gasteiger partial charge < -0.3 is 10.1 Å². The topological polar surface area (TPSA) is 25.8 Å². The van der Waals surface area contributed by atoms with Crippen LogP contribution < -0.4 is 10.1 Å². The Bertz CT molecular complexity index is 341. The molecular weight excluding hydrogens is 231 g/mol. The number of benzene rings is 1. The lowest BCUT2D eigenvalue weighted by Gasteiger charge is -2.11. The predicted octanol–water partition coefficient (Wildman–Crippen LogP) is 2.09. The van der Waals surface area contributed by atoms with Crippen molar-refractivity contribution < 1.29 is 23.2 Å². The molecule has 1 aromatic rings. The molecule has 0 saturated heterocycles. The van der Waals surface area contributed by atoms with Gasteiger partial charge in [0.25, 0.3) is 0 Å². The van der Waals surface area contributed by atoms with Gasteiger partial charge >= 0.3 is 6.36 Å². The second-order valence-electron chi connectivity index (χ2n) is 2.81. The quantitative estimate of drug-likeness (QED) is 0.803. The highest BCUT2D eigenvalue weighted by atomic mass is 35.5. The molecular formula is C9H9ClF3NO. The number of alkyl halides is 3. The van der Waals surface area contributed by atoms with E-state index in [4.69, 9.17) is 11.6 Å². The molecule has 0 unspecified atom stereocenters. The maximum Gasteiger partial charge on any atom is 0.573 e. The average molecular weight is 240 g/mol. The van der Waals surface area contributed by atoms with E-state index in [9.17, 15) is 13.2 Å². The van der Waals surface area contributed by atoms with Crippen molar-refractivity contribution in [3.63, 3.8) is 0 Å². The van der Waals surface area contributed by atoms with Gasteiger partial charge in [0.05, 0.1) is 11.6 Å². The highest BCUT2D eigenvalue weighted by Gasteiger charge is 2.31. The molecule has 0 radical (unpaired) electrons. The van der Waals surface area contributed by atoms with Gasteiger partial charge in [0.2, 0.25) is 0 Å². The minimum Gasteiger partial charge on any atom is -0.475 e. The van der Waals surface area contributed by atoms with Crippen LogP contribution in [-0.2, 0) is 6.54 Å². The minimum atomic E-state index is -4.72. The van der Waals surface area contributed by atoms with E-state index in [2.05, 4.69) is 11.8 Å². The summed E-state index contributed by atoms with van der Waals surface area (Å²) in [5, 5.41) is 1.57. The fourth-order valence-electron chi connectivity index (χ4n) is 1.05. The molecule has 0 saturated carbocycles. The Kier molecular flexibility index (Phi) is 3.82. The monoisotopic (exact) mass is 239 g/mol. The van der Waals surface area contributed by atoms with Crippen LogP contribution in [0.5, 0.6) is 5.75 Å². The number of hydrogen-bond acceptors (Lipinski definition) is 1. The van der Waals surface area contributed by atoms with Crippen molar-refractivity contribution >= 4 is 11.6 Å². The van der Waals surface area contributed by atoms with Gasteiger partial charge in [0, 0.05) is 5.56 Å². The molecule has 6 heteroatoms. The second-order valence-corrected chi connectivity index (χ2v) is 3.21. The summed E-state index contributed by atoms with van der Waals surface area (Å²) in [5.41, 5.74) is 0.782. The smallest absolute Gasteiger partial charge is 0.475 e. The van der Waals surface area contributed by atoms with Gasteiger partial charge in [-0.25, -0.2) is 0 Å². The predicted molar refractivity (Wildman–Crippen MR) is 49.1 cm³/mol. The SMILES string of the molecule is [CH2-][NH2+]Cc1ccc(OC(F)(F)F)c(Cl)c1. The standard InChI is InChI=1S/C9H9ClF3NO/c1-14-5-6-2-3-8(7(10)4-6)15-9(11,12)13/h2-4H,1,5,14H2. The van der Waals surface area contributed by atoms with Crippen LogP contribution in [0.15, 0.2) is 18.2 Å². The lowest BCUT2D eigenvalue weighted by molar-refractivity contribution is -0.612. The number of ether oxygens (including phenoxy) is 1. The average Bonchev–Trinajstić information content (AvgIpc) is 2.08. The summed E-state index contributed by atoms with van der Waals surface area (Å²) in [6.07, 6.45) is -4.72. The number of rotatable bonds is 3. The molecule has 0 fully saturated rings. The second kappa shape index (κ2) is 4.72. The first-order valence-electron chi connectivity index (χ1n) is 4.07. The molecule has 0 atom stereocenters. The zero-order valence-electron chi connectivity index (χ0n) is 7.64. The molecule has 84 valence electrons. The maximum atomic E-state index is 11.9. The van der Waals surface area contributed by atoms with E-state index in [-0.39, 0.29) is 5.02 Å². The molecule has 0 heterocycles. The van der Waals surface area contributed by atoms with Gasteiger partial charge in [-0.2, -0.15) is 7.05 Å². The first-order valence-corrected chi connectivity index (χ1v) is 4.45. The Morgan fingerprint density at radius 3 is 2.53 bits per heavy atom. The Balaban J connectivity index is 2.84. The third-order valence-electron chi connectivity index (χ3n) is 1.60. The molecule has 15 heavy (non-hydrogen) atoms. The van der Waals surface area contributed by atoms with Gasteiger partial charge in [0.1, 0.15) is 5.75 Å². The Labute approximate surface area is 90.0 Å². The normalized spacial score (nSPS) is 11.5. The fourth-order valence-corrected chi connectivity index (χ4v) is 1.29. The van der Waals surface area contributed by atoms with Gasteiger partial charge in [-0.15, -0.1) is 13.2 Å². The first kappa shape index (κ1) is 12.1. The lowest BCUT2D eigenvalue weighted by Crippen LogP contribution is -2.74. The van der Waals surface area contributed by atoms with Crippen molar-refractivity contribution in [2.75, 3.05) is 0 Å². The highest BCUT2D eigenvalue weighted by molar-refractivity contribution is 6.32. The number of nitrogens with two attached hydrogens (primary N) is 1. The third-order valence-corrected chi connectivity index (χ3v) is 1.90. The summed E-state index contributed by atoms with van der Waals surface area (Å²) in [5.74, 6) is -0.392. The van der Waals surface area contributed by atoms with Crippen LogP contribution in [0.2, 0.25) is 5.02 Å². The van der Waals surface area contributed by atoms with Crippen molar-refractivity contribution in [1.29, 1.82) is 0 Å². The van der Waals surface area contributed by atoms with E-state index in [0.29, 0.717) is 6.54 Å². The Morgan fingerprint density at radius 1 is 1.40 bits per heavy atom. The van der Waals surface area contributed by atoms with Crippen molar-refractivity contribution in [3.05, 3.63) is 35.8 Å². The molecule has 2 nitrogen and oxygen atoms in total. The number of halogens is 4. The summed E-state index contributed by atoms with van der Waals surface area (Å²) in [6.45, 7) is 0.548. The van der Waals surface area contributed by atoms with Crippen LogP contribution in [0.3, 0.4) is 0 Å². The fraction of sp³-hybridized carbons (Fsp3) is 0.222. The third kappa shape index (κ3) is 3.97. The summed E-state index contributed by atoms with van der Waals surface area (Å²) in [4.78, 5) is 0. The van der Waals surface area contributed by atoms with E-state index >= 15 is 0 Å². The Hall–Kier alpha value is -0.940.